The van der Waals surface area contributed by atoms with E-state index in [2.05, 4.69) is 20.9 Å². The van der Waals surface area contributed by atoms with E-state index in [0.29, 0.717) is 10.9 Å². The number of rotatable bonds is 2. The van der Waals surface area contributed by atoms with Crippen LogP contribution in [0.15, 0.2) is 16.7 Å². The zero-order valence-electron chi connectivity index (χ0n) is 8.27. The first-order valence-corrected chi connectivity index (χ1v) is 5.50. The van der Waals surface area contributed by atoms with E-state index >= 15 is 0 Å². The third-order valence-electron chi connectivity index (χ3n) is 2.51. The van der Waals surface area contributed by atoms with Gasteiger partial charge in [0.15, 0.2) is 0 Å². The van der Waals surface area contributed by atoms with Crippen molar-refractivity contribution in [2.24, 2.45) is 0 Å². The number of aliphatic hydroxyl groups excluding tert-OH is 1. The third-order valence-corrected chi connectivity index (χ3v) is 3.29. The summed E-state index contributed by atoms with van der Waals surface area (Å²) >= 11 is 3.24. The van der Waals surface area contributed by atoms with Crippen LogP contribution in [-0.4, -0.2) is 16.7 Å². The quantitative estimate of drug-likeness (QED) is 0.866. The van der Waals surface area contributed by atoms with Crippen molar-refractivity contribution in [3.05, 3.63) is 33.7 Å². The lowest BCUT2D eigenvalue weighted by Gasteiger charge is -2.03. The topological polar surface area (TPSA) is 36.0 Å². The van der Waals surface area contributed by atoms with E-state index in [4.69, 9.17) is 5.11 Å². The molecule has 0 saturated carbocycles. The maximum Gasteiger partial charge on any atom is 0.138 e. The molecule has 0 amide bonds. The molecule has 1 aromatic carbocycles. The number of nitrogens with one attached hydrogen (secondary N) is 1. The second-order valence-electron chi connectivity index (χ2n) is 3.53. The molecule has 0 aliphatic heterocycles. The molecule has 0 fully saturated rings. The van der Waals surface area contributed by atoms with E-state index in [1.807, 2.05) is 13.1 Å². The Morgan fingerprint density at radius 3 is 2.93 bits per heavy atom. The van der Waals surface area contributed by atoms with Gasteiger partial charge in [0.2, 0.25) is 0 Å². The molecule has 15 heavy (non-hydrogen) atoms. The molecule has 0 saturated heterocycles. The first-order valence-electron chi connectivity index (χ1n) is 4.70. The first kappa shape index (κ1) is 10.6. The normalized spacial score (nSPS) is 11.2. The summed E-state index contributed by atoms with van der Waals surface area (Å²) in [5, 5.41) is 9.74. The van der Waals surface area contributed by atoms with Crippen molar-refractivity contribution in [3.8, 4) is 0 Å². The van der Waals surface area contributed by atoms with Gasteiger partial charge in [-0.2, -0.15) is 0 Å². The Bertz CT molecular complexity index is 507. The molecule has 4 heteroatoms. The van der Waals surface area contributed by atoms with Gasteiger partial charge in [0, 0.05) is 23.7 Å². The van der Waals surface area contributed by atoms with Gasteiger partial charge in [-0.15, -0.1) is 0 Å². The number of aryl methyl sites for hydroxylation is 1. The molecule has 0 unspecified atom stereocenters. The Balaban J connectivity index is 2.77. The largest absolute Gasteiger partial charge is 0.396 e. The van der Waals surface area contributed by atoms with Crippen LogP contribution in [-0.2, 0) is 6.42 Å². The van der Waals surface area contributed by atoms with Crippen molar-refractivity contribution in [1.82, 2.24) is 4.98 Å². The molecule has 0 atom stereocenters. The molecule has 0 spiro atoms. The van der Waals surface area contributed by atoms with Crippen LogP contribution < -0.4 is 0 Å². The first-order chi connectivity index (χ1) is 7.15. The Hall–Kier alpha value is -0.870. The highest BCUT2D eigenvalue weighted by Gasteiger charge is 2.13. The molecule has 1 aromatic heterocycles. The van der Waals surface area contributed by atoms with Gasteiger partial charge in [0.25, 0.3) is 0 Å². The van der Waals surface area contributed by atoms with Crippen LogP contribution in [0.25, 0.3) is 10.9 Å². The van der Waals surface area contributed by atoms with Gasteiger partial charge in [-0.05, 0) is 46.5 Å². The van der Waals surface area contributed by atoms with Crippen molar-refractivity contribution < 1.29 is 9.50 Å². The average Bonchev–Trinajstić information content (AvgIpc) is 2.60. The van der Waals surface area contributed by atoms with Gasteiger partial charge in [-0.3, -0.25) is 0 Å². The van der Waals surface area contributed by atoms with Gasteiger partial charge in [0.05, 0.1) is 4.47 Å². The van der Waals surface area contributed by atoms with Crippen molar-refractivity contribution in [3.63, 3.8) is 0 Å². The van der Waals surface area contributed by atoms with Gasteiger partial charge in [-0.1, -0.05) is 0 Å². The molecular weight excluding hydrogens is 261 g/mol. The van der Waals surface area contributed by atoms with Crippen LogP contribution in [0.3, 0.4) is 0 Å². The molecule has 2 nitrogen and oxygen atoms in total. The van der Waals surface area contributed by atoms with Crippen LogP contribution in [0.2, 0.25) is 0 Å². The number of benzene rings is 1. The summed E-state index contributed by atoms with van der Waals surface area (Å²) < 4.78 is 13.9. The summed E-state index contributed by atoms with van der Waals surface area (Å²) in [6, 6.07) is 1.49. The molecule has 0 aliphatic carbocycles. The molecule has 0 aliphatic rings. The molecule has 2 N–H and O–H groups in total. The summed E-state index contributed by atoms with van der Waals surface area (Å²) in [6.07, 6.45) is 2.35. The smallest absolute Gasteiger partial charge is 0.138 e. The van der Waals surface area contributed by atoms with Crippen molar-refractivity contribution in [2.45, 2.75) is 13.3 Å². The number of aromatic nitrogens is 1. The Labute approximate surface area is 95.2 Å². The number of hydrogen-bond acceptors (Lipinski definition) is 1. The van der Waals surface area contributed by atoms with Crippen molar-refractivity contribution >= 4 is 26.8 Å². The van der Waals surface area contributed by atoms with Gasteiger partial charge in [-0.25, -0.2) is 4.39 Å². The summed E-state index contributed by atoms with van der Waals surface area (Å²) in [4.78, 5) is 3.10. The molecule has 0 radical (unpaired) electrons. The van der Waals surface area contributed by atoms with Crippen LogP contribution in [0, 0.1) is 12.7 Å². The van der Waals surface area contributed by atoms with E-state index in [9.17, 15) is 4.39 Å². The van der Waals surface area contributed by atoms with Crippen LogP contribution >= 0.6 is 15.9 Å². The number of halogens is 2. The minimum Gasteiger partial charge on any atom is -0.396 e. The Kier molecular flexibility index (Phi) is 2.80. The fraction of sp³-hybridized carbons (Fsp3) is 0.273. The standard InChI is InChI=1S/C11H11BrFNO/c1-6-4-8(13)10(12)9-7(2-3-15)5-14-11(6)9/h4-5,14-15H,2-3H2,1H3. The number of aliphatic hydroxyl groups is 1. The lowest BCUT2D eigenvalue weighted by molar-refractivity contribution is 0.300. The highest BCUT2D eigenvalue weighted by atomic mass is 79.9. The summed E-state index contributed by atoms with van der Waals surface area (Å²) in [5.41, 5.74) is 2.73. The zero-order chi connectivity index (χ0) is 11.0. The molecule has 1 heterocycles. The Morgan fingerprint density at radius 2 is 2.27 bits per heavy atom. The van der Waals surface area contributed by atoms with Gasteiger partial charge < -0.3 is 10.1 Å². The maximum atomic E-state index is 13.5. The fourth-order valence-corrected chi connectivity index (χ4v) is 2.36. The van der Waals surface area contributed by atoms with Gasteiger partial charge >= 0.3 is 0 Å². The molecule has 2 aromatic rings. The zero-order valence-corrected chi connectivity index (χ0v) is 9.86. The number of H-pyrrole nitrogens is 1. The molecule has 80 valence electrons. The number of hydrogen-bond donors (Lipinski definition) is 2. The van der Waals surface area contributed by atoms with Gasteiger partial charge in [0.1, 0.15) is 5.82 Å². The molecular formula is C11H11BrFNO. The van der Waals surface area contributed by atoms with E-state index in [0.717, 1.165) is 22.0 Å². The van der Waals surface area contributed by atoms with E-state index in [1.54, 1.807) is 0 Å². The third kappa shape index (κ3) is 1.68. The lowest BCUT2D eigenvalue weighted by atomic mass is 10.1. The highest BCUT2D eigenvalue weighted by molar-refractivity contribution is 9.10. The van der Waals surface area contributed by atoms with Crippen LogP contribution in [0.4, 0.5) is 4.39 Å². The van der Waals surface area contributed by atoms with E-state index < -0.39 is 0 Å². The maximum absolute atomic E-state index is 13.5. The fourth-order valence-electron chi connectivity index (χ4n) is 1.79. The van der Waals surface area contributed by atoms with E-state index in [-0.39, 0.29) is 12.4 Å². The second-order valence-corrected chi connectivity index (χ2v) is 4.32. The summed E-state index contributed by atoms with van der Waals surface area (Å²) in [5.74, 6) is -0.265. The summed E-state index contributed by atoms with van der Waals surface area (Å²) in [6.45, 7) is 1.92. The highest BCUT2D eigenvalue weighted by Crippen LogP contribution is 2.32. The minimum absolute atomic E-state index is 0.0644. The summed E-state index contributed by atoms with van der Waals surface area (Å²) in [7, 11) is 0. The average molecular weight is 272 g/mol. The predicted molar refractivity (Wildman–Crippen MR) is 61.5 cm³/mol. The number of fused-ring (bicyclic) bond motifs is 1. The SMILES string of the molecule is Cc1cc(F)c(Br)c2c(CCO)c[nH]c12. The molecule has 0 bridgehead atoms. The Morgan fingerprint density at radius 1 is 1.53 bits per heavy atom. The second kappa shape index (κ2) is 3.94. The number of aromatic amines is 1. The van der Waals surface area contributed by atoms with Crippen molar-refractivity contribution in [1.29, 1.82) is 0 Å². The minimum atomic E-state index is -0.265. The van der Waals surface area contributed by atoms with Crippen molar-refractivity contribution in [2.75, 3.05) is 6.61 Å². The monoisotopic (exact) mass is 271 g/mol. The van der Waals surface area contributed by atoms with Crippen LogP contribution in [0.1, 0.15) is 11.1 Å². The lowest BCUT2D eigenvalue weighted by Crippen LogP contribution is -1.90. The van der Waals surface area contributed by atoms with Crippen LogP contribution in [0.5, 0.6) is 0 Å². The predicted octanol–water partition coefficient (Wildman–Crippen LogP) is 2.91. The molecule has 2 rings (SSSR count). The van der Waals surface area contributed by atoms with E-state index in [1.165, 1.54) is 6.07 Å².